The highest BCUT2D eigenvalue weighted by molar-refractivity contribution is 5.90. The van der Waals surface area contributed by atoms with Crippen molar-refractivity contribution in [2.24, 2.45) is 0 Å². The lowest BCUT2D eigenvalue weighted by atomic mass is 9.81. The monoisotopic (exact) mass is 275 g/mol. The van der Waals surface area contributed by atoms with Crippen molar-refractivity contribution in [3.8, 4) is 0 Å². The number of fused-ring (bicyclic) bond motifs is 1. The Morgan fingerprint density at radius 1 is 1.30 bits per heavy atom. The Morgan fingerprint density at radius 3 is 2.60 bits per heavy atom. The van der Waals surface area contributed by atoms with Gasteiger partial charge in [-0.1, -0.05) is 24.3 Å². The number of benzene rings is 1. The lowest BCUT2D eigenvalue weighted by molar-refractivity contribution is -0.156. The molecule has 0 fully saturated rings. The molecule has 4 heteroatoms. The molecule has 108 valence electrons. The molecule has 1 atom stereocenters. The Morgan fingerprint density at radius 2 is 1.95 bits per heavy atom. The highest BCUT2D eigenvalue weighted by atomic mass is 16.4. The number of hydrogen-bond donors (Lipinski definition) is 1. The summed E-state index contributed by atoms with van der Waals surface area (Å²) in [6.07, 6.45) is 2.75. The smallest absolute Gasteiger partial charge is 0.329 e. The van der Waals surface area contributed by atoms with Crippen LogP contribution in [0.25, 0.3) is 0 Å². The van der Waals surface area contributed by atoms with Crippen molar-refractivity contribution in [3.05, 3.63) is 35.4 Å². The van der Waals surface area contributed by atoms with Crippen LogP contribution in [0.3, 0.4) is 0 Å². The molecule has 0 saturated heterocycles. The summed E-state index contributed by atoms with van der Waals surface area (Å²) in [5.74, 6) is -1.31. The molecule has 0 radical (unpaired) electrons. The van der Waals surface area contributed by atoms with Gasteiger partial charge in [0.2, 0.25) is 5.91 Å². The number of likely N-dealkylation sites (N-methyl/N-ethyl adjacent to an activating group) is 1. The van der Waals surface area contributed by atoms with E-state index in [2.05, 4.69) is 6.07 Å². The number of carbonyl (C=O) groups excluding carboxylic acids is 1. The van der Waals surface area contributed by atoms with Crippen LogP contribution in [0.15, 0.2) is 24.3 Å². The third kappa shape index (κ3) is 2.42. The second kappa shape index (κ2) is 5.27. The zero-order chi connectivity index (χ0) is 14.9. The molecule has 1 unspecified atom stereocenters. The molecule has 20 heavy (non-hydrogen) atoms. The molecule has 1 aromatic carbocycles. The molecule has 0 bridgehead atoms. The van der Waals surface area contributed by atoms with Gasteiger partial charge >= 0.3 is 5.97 Å². The predicted octanol–water partition coefficient (Wildman–Crippen LogP) is 2.43. The van der Waals surface area contributed by atoms with E-state index < -0.39 is 11.5 Å². The van der Waals surface area contributed by atoms with Gasteiger partial charge in [0.15, 0.2) is 0 Å². The summed E-state index contributed by atoms with van der Waals surface area (Å²) in [6.45, 7) is 3.12. The fraction of sp³-hybridized carbons (Fsp3) is 0.500. The molecule has 1 amide bonds. The van der Waals surface area contributed by atoms with E-state index >= 15 is 0 Å². The minimum Gasteiger partial charge on any atom is -0.480 e. The Bertz CT molecular complexity index is 536. The van der Waals surface area contributed by atoms with Crippen LogP contribution >= 0.6 is 0 Å². The van der Waals surface area contributed by atoms with Gasteiger partial charge in [-0.2, -0.15) is 0 Å². The Hall–Kier alpha value is -1.84. The van der Waals surface area contributed by atoms with Gasteiger partial charge in [0.25, 0.3) is 0 Å². The highest BCUT2D eigenvalue weighted by Crippen LogP contribution is 2.34. The maximum Gasteiger partial charge on any atom is 0.329 e. The number of rotatable bonds is 3. The summed E-state index contributed by atoms with van der Waals surface area (Å²) in [5.41, 5.74) is 1.07. The van der Waals surface area contributed by atoms with E-state index in [-0.39, 0.29) is 11.8 Å². The third-order valence-electron chi connectivity index (χ3n) is 4.36. The molecule has 4 nitrogen and oxygen atoms in total. The Labute approximate surface area is 119 Å². The van der Waals surface area contributed by atoms with Crippen molar-refractivity contribution in [3.63, 3.8) is 0 Å². The van der Waals surface area contributed by atoms with E-state index in [4.69, 9.17) is 0 Å². The van der Waals surface area contributed by atoms with Crippen LogP contribution < -0.4 is 0 Å². The molecule has 1 aliphatic carbocycles. The van der Waals surface area contributed by atoms with E-state index in [1.807, 2.05) is 18.2 Å². The highest BCUT2D eigenvalue weighted by Gasteiger charge is 2.39. The summed E-state index contributed by atoms with van der Waals surface area (Å²) in [4.78, 5) is 25.3. The Balaban J connectivity index is 2.29. The third-order valence-corrected chi connectivity index (χ3v) is 4.36. The van der Waals surface area contributed by atoms with Crippen LogP contribution in [0.5, 0.6) is 0 Å². The fourth-order valence-corrected chi connectivity index (χ4v) is 2.66. The SMILES string of the molecule is CN(C(=O)C1CCCc2ccccc21)C(C)(C)C(=O)O. The van der Waals surface area contributed by atoms with Crippen LogP contribution in [-0.4, -0.2) is 34.5 Å². The van der Waals surface area contributed by atoms with Crippen molar-refractivity contribution in [1.29, 1.82) is 0 Å². The Kier molecular flexibility index (Phi) is 3.84. The zero-order valence-electron chi connectivity index (χ0n) is 12.2. The summed E-state index contributed by atoms with van der Waals surface area (Å²) < 4.78 is 0. The van der Waals surface area contributed by atoms with Gasteiger partial charge in [-0.25, -0.2) is 4.79 Å². The minimum atomic E-state index is -1.19. The van der Waals surface area contributed by atoms with Gasteiger partial charge in [-0.3, -0.25) is 4.79 Å². The van der Waals surface area contributed by atoms with Gasteiger partial charge in [0.05, 0.1) is 5.92 Å². The molecule has 1 N–H and O–H groups in total. The van der Waals surface area contributed by atoms with E-state index in [1.54, 1.807) is 20.9 Å². The minimum absolute atomic E-state index is 0.107. The topological polar surface area (TPSA) is 57.6 Å². The number of aliphatic carboxylic acids is 1. The predicted molar refractivity (Wildman–Crippen MR) is 76.6 cm³/mol. The quantitative estimate of drug-likeness (QED) is 0.921. The number of aryl methyl sites for hydroxylation is 1. The molecular weight excluding hydrogens is 254 g/mol. The largest absolute Gasteiger partial charge is 0.480 e. The van der Waals surface area contributed by atoms with Crippen molar-refractivity contribution in [1.82, 2.24) is 4.90 Å². The molecule has 1 aliphatic rings. The fourth-order valence-electron chi connectivity index (χ4n) is 2.66. The number of carboxylic acids is 1. The molecule has 0 aromatic heterocycles. The van der Waals surface area contributed by atoms with Gasteiger partial charge < -0.3 is 10.0 Å². The van der Waals surface area contributed by atoms with E-state index in [0.717, 1.165) is 24.8 Å². The zero-order valence-corrected chi connectivity index (χ0v) is 12.2. The first-order chi connectivity index (χ1) is 9.35. The second-order valence-electron chi connectivity index (χ2n) is 5.91. The molecule has 0 aliphatic heterocycles. The van der Waals surface area contributed by atoms with Crippen molar-refractivity contribution >= 4 is 11.9 Å². The van der Waals surface area contributed by atoms with Crippen LogP contribution in [0, 0.1) is 0 Å². The van der Waals surface area contributed by atoms with Crippen molar-refractivity contribution in [2.75, 3.05) is 7.05 Å². The first-order valence-electron chi connectivity index (χ1n) is 6.94. The number of hydrogen-bond acceptors (Lipinski definition) is 2. The summed E-state index contributed by atoms with van der Waals surface area (Å²) >= 11 is 0. The molecule has 0 saturated carbocycles. The number of carboxylic acid groups (broad SMARTS) is 1. The average Bonchev–Trinajstić information content (AvgIpc) is 2.44. The lowest BCUT2D eigenvalue weighted by Crippen LogP contribution is -2.52. The maximum atomic E-state index is 12.7. The van der Waals surface area contributed by atoms with E-state index in [0.29, 0.717) is 0 Å². The maximum absolute atomic E-state index is 12.7. The van der Waals surface area contributed by atoms with Crippen LogP contribution in [0.1, 0.15) is 43.7 Å². The van der Waals surface area contributed by atoms with E-state index in [9.17, 15) is 14.7 Å². The number of carbonyl (C=O) groups is 2. The van der Waals surface area contributed by atoms with Crippen LogP contribution in [0.2, 0.25) is 0 Å². The average molecular weight is 275 g/mol. The summed E-state index contributed by atoms with van der Waals surface area (Å²) in [6, 6.07) is 7.96. The molecule has 0 spiro atoms. The van der Waals surface area contributed by atoms with Crippen LogP contribution in [-0.2, 0) is 16.0 Å². The van der Waals surface area contributed by atoms with E-state index in [1.165, 1.54) is 10.5 Å². The molecule has 0 heterocycles. The van der Waals surface area contributed by atoms with Crippen molar-refractivity contribution in [2.45, 2.75) is 44.6 Å². The normalized spacial score (nSPS) is 18.2. The standard InChI is InChI=1S/C16H21NO3/c1-16(2,15(19)20)17(3)14(18)13-10-6-8-11-7-4-5-9-12(11)13/h4-5,7,9,13H,6,8,10H2,1-3H3,(H,19,20). The van der Waals surface area contributed by atoms with Crippen LogP contribution in [0.4, 0.5) is 0 Å². The molecule has 1 aromatic rings. The van der Waals surface area contributed by atoms with Gasteiger partial charge in [0.1, 0.15) is 5.54 Å². The summed E-state index contributed by atoms with van der Waals surface area (Å²) in [7, 11) is 1.58. The number of amides is 1. The van der Waals surface area contributed by atoms with Gasteiger partial charge in [0, 0.05) is 7.05 Å². The molecular formula is C16H21NO3. The second-order valence-corrected chi connectivity index (χ2v) is 5.91. The van der Waals surface area contributed by atoms with Crippen molar-refractivity contribution < 1.29 is 14.7 Å². The summed E-state index contributed by atoms with van der Waals surface area (Å²) in [5, 5.41) is 9.26. The lowest BCUT2D eigenvalue weighted by Gasteiger charge is -2.36. The van der Waals surface area contributed by atoms with Gasteiger partial charge in [-0.05, 0) is 44.2 Å². The van der Waals surface area contributed by atoms with Gasteiger partial charge in [-0.15, -0.1) is 0 Å². The number of nitrogens with zero attached hydrogens (tertiary/aromatic N) is 1. The first kappa shape index (κ1) is 14.6. The first-order valence-corrected chi connectivity index (χ1v) is 6.94. The molecule has 2 rings (SSSR count).